The molecule has 0 spiro atoms. The first kappa shape index (κ1) is 16.5. The lowest BCUT2D eigenvalue weighted by Gasteiger charge is -2.14. The van der Waals surface area contributed by atoms with E-state index in [-0.39, 0.29) is 11.7 Å². The lowest BCUT2D eigenvalue weighted by atomic mass is 10.3. The average molecular weight is 312 g/mol. The van der Waals surface area contributed by atoms with Crippen molar-refractivity contribution >= 4 is 42.0 Å². The smallest absolute Gasteiger partial charge is 0.327 e. The second kappa shape index (κ2) is 7.86. The van der Waals surface area contributed by atoms with Crippen LogP contribution >= 0.6 is 24.4 Å². The molecule has 1 atom stereocenters. The van der Waals surface area contributed by atoms with Gasteiger partial charge in [-0.1, -0.05) is 6.58 Å². The van der Waals surface area contributed by atoms with E-state index in [1.807, 2.05) is 24.3 Å². The van der Waals surface area contributed by atoms with Crippen LogP contribution in [0.2, 0.25) is 0 Å². The van der Waals surface area contributed by atoms with Crippen molar-refractivity contribution in [1.29, 1.82) is 0 Å². The number of nitrogens with one attached hydrogen (secondary N) is 2. The van der Waals surface area contributed by atoms with Gasteiger partial charge in [-0.15, -0.1) is 24.4 Å². The summed E-state index contributed by atoms with van der Waals surface area (Å²) in [5.41, 5.74) is 0.840. The summed E-state index contributed by atoms with van der Waals surface area (Å²) in [4.78, 5) is 22.7. The second-order valence-electron chi connectivity index (χ2n) is 4.00. The molecule has 1 unspecified atom stereocenters. The molecule has 0 fully saturated rings. The van der Waals surface area contributed by atoms with Gasteiger partial charge in [0.05, 0.1) is 5.03 Å². The number of thioether (sulfide) groups is 1. The first-order valence-corrected chi connectivity index (χ1v) is 7.19. The van der Waals surface area contributed by atoms with Gasteiger partial charge < -0.3 is 15.7 Å². The van der Waals surface area contributed by atoms with Gasteiger partial charge in [-0.3, -0.25) is 4.79 Å². The van der Waals surface area contributed by atoms with Gasteiger partial charge in [0.1, 0.15) is 6.04 Å². The molecule has 0 bridgehead atoms. The van der Waals surface area contributed by atoms with Crippen molar-refractivity contribution in [3.05, 3.63) is 35.9 Å². The van der Waals surface area contributed by atoms with Gasteiger partial charge in [-0.2, -0.15) is 0 Å². The van der Waals surface area contributed by atoms with Gasteiger partial charge >= 0.3 is 5.97 Å². The van der Waals surface area contributed by atoms with E-state index in [4.69, 9.17) is 5.11 Å². The van der Waals surface area contributed by atoms with Crippen LogP contribution in [0.3, 0.4) is 0 Å². The lowest BCUT2D eigenvalue weighted by Crippen LogP contribution is -2.41. The SMILES string of the molecule is C=C(Nc1ccc(S)cc1)SCC(NC(C)=O)C(=O)O. The van der Waals surface area contributed by atoms with Gasteiger partial charge in [-0.25, -0.2) is 4.79 Å². The first-order chi connectivity index (χ1) is 9.38. The maximum absolute atomic E-state index is 11.0. The molecular formula is C13H16N2O3S2. The molecule has 1 amide bonds. The molecule has 0 aliphatic rings. The Morgan fingerprint density at radius 3 is 2.50 bits per heavy atom. The van der Waals surface area contributed by atoms with E-state index in [1.54, 1.807) is 0 Å². The number of thiol groups is 1. The van der Waals surface area contributed by atoms with Gasteiger partial charge in [0.15, 0.2) is 0 Å². The molecule has 0 radical (unpaired) electrons. The third-order valence-electron chi connectivity index (χ3n) is 2.25. The predicted molar refractivity (Wildman–Crippen MR) is 84.2 cm³/mol. The zero-order valence-electron chi connectivity index (χ0n) is 10.9. The molecule has 0 heterocycles. The van der Waals surface area contributed by atoms with Crippen molar-refractivity contribution in [2.24, 2.45) is 0 Å². The molecule has 0 aromatic heterocycles. The van der Waals surface area contributed by atoms with Crippen LogP contribution in [0.5, 0.6) is 0 Å². The average Bonchev–Trinajstić information content (AvgIpc) is 2.36. The molecule has 0 aliphatic heterocycles. The third kappa shape index (κ3) is 6.03. The minimum absolute atomic E-state index is 0.200. The zero-order valence-corrected chi connectivity index (χ0v) is 12.6. The minimum atomic E-state index is -1.07. The standard InChI is InChI=1S/C13H16N2O3S2/c1-8(16)14-12(13(17)18)7-20-9(2)15-10-3-5-11(19)6-4-10/h3-6,12,15,19H,2,7H2,1H3,(H,14,16)(H,17,18). The Labute approximate surface area is 127 Å². The Bertz CT molecular complexity index is 503. The van der Waals surface area contributed by atoms with Crippen LogP contribution in [0.15, 0.2) is 40.8 Å². The van der Waals surface area contributed by atoms with E-state index >= 15 is 0 Å². The van der Waals surface area contributed by atoms with Crippen molar-refractivity contribution in [2.75, 3.05) is 11.1 Å². The minimum Gasteiger partial charge on any atom is -0.480 e. The largest absolute Gasteiger partial charge is 0.480 e. The van der Waals surface area contributed by atoms with Crippen molar-refractivity contribution in [1.82, 2.24) is 5.32 Å². The quantitative estimate of drug-likeness (QED) is 0.581. The number of carboxylic acids is 1. The normalized spacial score (nSPS) is 11.5. The summed E-state index contributed by atoms with van der Waals surface area (Å²) in [6.07, 6.45) is 0. The van der Waals surface area contributed by atoms with Crippen molar-refractivity contribution in [3.8, 4) is 0 Å². The molecule has 7 heteroatoms. The Hall–Kier alpha value is -1.60. The highest BCUT2D eigenvalue weighted by Gasteiger charge is 2.18. The molecule has 1 rings (SSSR count). The van der Waals surface area contributed by atoms with Crippen LogP contribution in [0.4, 0.5) is 5.69 Å². The third-order valence-corrected chi connectivity index (χ3v) is 3.50. The number of carbonyl (C=O) groups is 2. The lowest BCUT2D eigenvalue weighted by molar-refractivity contribution is -0.140. The van der Waals surface area contributed by atoms with Crippen LogP contribution in [0, 0.1) is 0 Å². The van der Waals surface area contributed by atoms with Gasteiger partial charge in [0.2, 0.25) is 5.91 Å². The van der Waals surface area contributed by atoms with Crippen molar-refractivity contribution in [3.63, 3.8) is 0 Å². The Kier molecular flexibility index (Phi) is 6.47. The van der Waals surface area contributed by atoms with Crippen LogP contribution in [0.25, 0.3) is 0 Å². The summed E-state index contributed by atoms with van der Waals surface area (Å²) in [6, 6.07) is 6.42. The van der Waals surface area contributed by atoms with Crippen LogP contribution < -0.4 is 10.6 Å². The number of carboxylic acid groups (broad SMARTS) is 1. The Morgan fingerprint density at radius 1 is 1.40 bits per heavy atom. The summed E-state index contributed by atoms with van der Waals surface area (Å²) >= 11 is 5.42. The number of aliphatic carboxylic acids is 1. The number of amides is 1. The van der Waals surface area contributed by atoms with Gasteiger partial charge in [0.25, 0.3) is 0 Å². The van der Waals surface area contributed by atoms with E-state index in [0.717, 1.165) is 10.6 Å². The fraction of sp³-hybridized carbons (Fsp3) is 0.231. The summed E-state index contributed by atoms with van der Waals surface area (Å²) in [5.74, 6) is -1.24. The monoisotopic (exact) mass is 312 g/mol. The highest BCUT2D eigenvalue weighted by Crippen LogP contribution is 2.20. The summed E-state index contributed by atoms with van der Waals surface area (Å²) in [6.45, 7) is 5.09. The van der Waals surface area contributed by atoms with Crippen LogP contribution in [0.1, 0.15) is 6.92 Å². The molecule has 0 saturated heterocycles. The predicted octanol–water partition coefficient (Wildman–Crippen LogP) is 2.18. The fourth-order valence-electron chi connectivity index (χ4n) is 1.35. The van der Waals surface area contributed by atoms with E-state index in [9.17, 15) is 9.59 Å². The molecular weight excluding hydrogens is 296 g/mol. The summed E-state index contributed by atoms with van der Waals surface area (Å²) in [5, 5.41) is 15.0. The number of hydrogen-bond acceptors (Lipinski definition) is 5. The summed E-state index contributed by atoms with van der Waals surface area (Å²) < 4.78 is 0. The number of carbonyl (C=O) groups excluding carboxylic acids is 1. The maximum Gasteiger partial charge on any atom is 0.327 e. The van der Waals surface area contributed by atoms with Gasteiger partial charge in [-0.05, 0) is 24.3 Å². The van der Waals surface area contributed by atoms with E-state index in [1.165, 1.54) is 18.7 Å². The molecule has 3 N–H and O–H groups in total. The zero-order chi connectivity index (χ0) is 15.1. The topological polar surface area (TPSA) is 78.4 Å². The molecule has 5 nitrogen and oxygen atoms in total. The van der Waals surface area contributed by atoms with E-state index in [0.29, 0.717) is 5.03 Å². The van der Waals surface area contributed by atoms with Crippen LogP contribution in [-0.4, -0.2) is 28.8 Å². The number of benzene rings is 1. The first-order valence-electron chi connectivity index (χ1n) is 5.76. The van der Waals surface area contributed by atoms with Crippen molar-refractivity contribution < 1.29 is 14.7 Å². The van der Waals surface area contributed by atoms with E-state index < -0.39 is 12.0 Å². The number of anilines is 1. The summed E-state index contributed by atoms with van der Waals surface area (Å²) in [7, 11) is 0. The van der Waals surface area contributed by atoms with Crippen molar-refractivity contribution in [2.45, 2.75) is 17.9 Å². The Balaban J connectivity index is 2.47. The second-order valence-corrected chi connectivity index (χ2v) is 5.63. The fourth-order valence-corrected chi connectivity index (χ4v) is 2.28. The Morgan fingerprint density at radius 2 is 2.00 bits per heavy atom. The molecule has 1 aromatic carbocycles. The molecule has 1 aromatic rings. The van der Waals surface area contributed by atoms with E-state index in [2.05, 4.69) is 29.8 Å². The number of rotatable bonds is 7. The highest BCUT2D eigenvalue weighted by atomic mass is 32.2. The van der Waals surface area contributed by atoms with Crippen LogP contribution in [-0.2, 0) is 9.59 Å². The number of hydrogen-bond donors (Lipinski definition) is 4. The molecule has 0 saturated carbocycles. The molecule has 20 heavy (non-hydrogen) atoms. The maximum atomic E-state index is 11.0. The highest BCUT2D eigenvalue weighted by molar-refractivity contribution is 8.03. The van der Waals surface area contributed by atoms with Gasteiger partial charge in [0, 0.05) is 23.3 Å². The molecule has 108 valence electrons. The molecule has 0 aliphatic carbocycles.